The van der Waals surface area contributed by atoms with Crippen molar-refractivity contribution in [1.82, 2.24) is 15.2 Å². The van der Waals surface area contributed by atoms with Gasteiger partial charge in [-0.05, 0) is 30.7 Å². The fraction of sp³-hybridized carbons (Fsp3) is 0.333. The van der Waals surface area contributed by atoms with Crippen molar-refractivity contribution in [3.63, 3.8) is 0 Å². The zero-order valence-corrected chi connectivity index (χ0v) is 12.8. The van der Waals surface area contributed by atoms with E-state index in [9.17, 15) is 4.79 Å². The van der Waals surface area contributed by atoms with Crippen LogP contribution in [0.5, 0.6) is 0 Å². The summed E-state index contributed by atoms with van der Waals surface area (Å²) in [4.78, 5) is 17.8. The minimum absolute atomic E-state index is 0.172. The first-order valence-corrected chi connectivity index (χ1v) is 7.33. The lowest BCUT2D eigenvalue weighted by atomic mass is 10.2. The zero-order valence-electron chi connectivity index (χ0n) is 12.8. The van der Waals surface area contributed by atoms with Gasteiger partial charge in [0.1, 0.15) is 5.82 Å². The smallest absolute Gasteiger partial charge is 0.269 e. The van der Waals surface area contributed by atoms with Gasteiger partial charge < -0.3 is 20.7 Å². The summed E-state index contributed by atoms with van der Waals surface area (Å²) in [6, 6.07) is 5.59. The van der Waals surface area contributed by atoms with Crippen LogP contribution in [0.1, 0.15) is 16.1 Å². The van der Waals surface area contributed by atoms with Crippen LogP contribution in [0.4, 0.5) is 17.3 Å². The molecule has 0 bridgehead atoms. The quantitative estimate of drug-likeness (QED) is 0.862. The summed E-state index contributed by atoms with van der Waals surface area (Å²) >= 11 is 0. The summed E-state index contributed by atoms with van der Waals surface area (Å²) < 4.78 is 5.34. The Balaban J connectivity index is 1.70. The second kappa shape index (κ2) is 6.57. The average Bonchev–Trinajstić information content (AvgIpc) is 2.56. The number of hydrogen-bond acceptors (Lipinski definition) is 7. The maximum absolute atomic E-state index is 11.2. The first kappa shape index (κ1) is 15.2. The summed E-state index contributed by atoms with van der Waals surface area (Å²) in [6.45, 7) is 4.97. The molecule has 0 radical (unpaired) electrons. The van der Waals surface area contributed by atoms with E-state index in [1.807, 2.05) is 18.3 Å². The van der Waals surface area contributed by atoms with E-state index in [2.05, 4.69) is 25.4 Å². The monoisotopic (exact) mass is 314 g/mol. The molecule has 1 aliphatic heterocycles. The first-order valence-electron chi connectivity index (χ1n) is 7.33. The number of amides is 1. The fourth-order valence-corrected chi connectivity index (χ4v) is 2.39. The number of carbonyl (C=O) groups is 1. The second-order valence-corrected chi connectivity index (χ2v) is 5.25. The SMILES string of the molecule is Cc1cc(Nc2ccc(N3CCOCC3)cn2)nnc1C(N)=O. The van der Waals surface area contributed by atoms with Gasteiger partial charge in [0, 0.05) is 13.1 Å². The molecule has 0 aliphatic carbocycles. The number of morpholine rings is 1. The lowest BCUT2D eigenvalue weighted by molar-refractivity contribution is 0.0994. The van der Waals surface area contributed by atoms with Gasteiger partial charge >= 0.3 is 0 Å². The van der Waals surface area contributed by atoms with Crippen molar-refractivity contribution in [1.29, 1.82) is 0 Å². The Labute approximate surface area is 133 Å². The summed E-state index contributed by atoms with van der Waals surface area (Å²) in [7, 11) is 0. The lowest BCUT2D eigenvalue weighted by Gasteiger charge is -2.28. The molecule has 0 saturated carbocycles. The molecule has 0 atom stereocenters. The molecule has 1 fully saturated rings. The molecule has 120 valence electrons. The maximum Gasteiger partial charge on any atom is 0.269 e. The summed E-state index contributed by atoms with van der Waals surface area (Å²) in [5.41, 5.74) is 7.12. The van der Waals surface area contributed by atoms with E-state index in [-0.39, 0.29) is 5.69 Å². The third-order valence-corrected chi connectivity index (χ3v) is 3.60. The Bertz CT molecular complexity index is 698. The van der Waals surface area contributed by atoms with Gasteiger partial charge in [-0.1, -0.05) is 0 Å². The predicted octanol–water partition coefficient (Wildman–Crippen LogP) is 0.859. The van der Waals surface area contributed by atoms with Crippen molar-refractivity contribution in [2.75, 3.05) is 36.5 Å². The number of aromatic nitrogens is 3. The van der Waals surface area contributed by atoms with Gasteiger partial charge in [-0.3, -0.25) is 4.79 Å². The third-order valence-electron chi connectivity index (χ3n) is 3.60. The first-order chi connectivity index (χ1) is 11.1. The van der Waals surface area contributed by atoms with Crippen LogP contribution in [0, 0.1) is 6.92 Å². The second-order valence-electron chi connectivity index (χ2n) is 5.25. The minimum Gasteiger partial charge on any atom is -0.378 e. The van der Waals surface area contributed by atoms with E-state index in [1.165, 1.54) is 0 Å². The Morgan fingerprint density at radius 2 is 2.04 bits per heavy atom. The number of rotatable bonds is 4. The van der Waals surface area contributed by atoms with E-state index in [4.69, 9.17) is 10.5 Å². The highest BCUT2D eigenvalue weighted by molar-refractivity contribution is 5.92. The van der Waals surface area contributed by atoms with Gasteiger partial charge in [0.05, 0.1) is 25.1 Å². The highest BCUT2D eigenvalue weighted by Gasteiger charge is 2.12. The Morgan fingerprint density at radius 3 is 2.65 bits per heavy atom. The average molecular weight is 314 g/mol. The number of nitrogens with zero attached hydrogens (tertiary/aromatic N) is 4. The maximum atomic E-state index is 11.2. The molecule has 2 aromatic heterocycles. The van der Waals surface area contributed by atoms with Gasteiger partial charge in [0.2, 0.25) is 0 Å². The number of ether oxygens (including phenoxy) is 1. The number of aryl methyl sites for hydroxylation is 1. The molecule has 2 aromatic rings. The van der Waals surface area contributed by atoms with Crippen LogP contribution >= 0.6 is 0 Å². The van der Waals surface area contributed by atoms with Crippen LogP contribution in [0.3, 0.4) is 0 Å². The van der Waals surface area contributed by atoms with Crippen LogP contribution in [-0.4, -0.2) is 47.4 Å². The van der Waals surface area contributed by atoms with E-state index < -0.39 is 5.91 Å². The van der Waals surface area contributed by atoms with Crippen molar-refractivity contribution in [3.05, 3.63) is 35.7 Å². The van der Waals surface area contributed by atoms with E-state index >= 15 is 0 Å². The standard InChI is InChI=1S/C15H18N6O2/c1-10-8-13(19-20-14(10)15(16)22)18-12-3-2-11(9-17-12)21-4-6-23-7-5-21/h2-3,8-9H,4-7H2,1H3,(H2,16,22)(H,17,18,19). The van der Waals surface area contributed by atoms with Crippen molar-refractivity contribution in [2.24, 2.45) is 5.73 Å². The third kappa shape index (κ3) is 3.54. The van der Waals surface area contributed by atoms with Gasteiger partial charge in [0.15, 0.2) is 11.5 Å². The predicted molar refractivity (Wildman–Crippen MR) is 85.8 cm³/mol. The van der Waals surface area contributed by atoms with Gasteiger partial charge in [0.25, 0.3) is 5.91 Å². The number of anilines is 3. The van der Waals surface area contributed by atoms with E-state index in [0.29, 0.717) is 17.2 Å². The molecule has 0 aromatic carbocycles. The molecule has 8 heteroatoms. The van der Waals surface area contributed by atoms with Crippen LogP contribution < -0.4 is 16.0 Å². The van der Waals surface area contributed by atoms with Crippen LogP contribution in [0.25, 0.3) is 0 Å². The molecule has 3 heterocycles. The number of carbonyl (C=O) groups excluding carboxylic acids is 1. The molecule has 3 rings (SSSR count). The van der Waals surface area contributed by atoms with E-state index in [1.54, 1.807) is 13.0 Å². The molecule has 1 amide bonds. The van der Waals surface area contributed by atoms with E-state index in [0.717, 1.165) is 32.0 Å². The molecule has 8 nitrogen and oxygen atoms in total. The minimum atomic E-state index is -0.588. The van der Waals surface area contributed by atoms with Gasteiger partial charge in [-0.25, -0.2) is 4.98 Å². The van der Waals surface area contributed by atoms with Crippen molar-refractivity contribution in [2.45, 2.75) is 6.92 Å². The highest BCUT2D eigenvalue weighted by atomic mass is 16.5. The highest BCUT2D eigenvalue weighted by Crippen LogP contribution is 2.19. The normalized spacial score (nSPS) is 14.6. The molecule has 3 N–H and O–H groups in total. The van der Waals surface area contributed by atoms with Crippen molar-refractivity contribution >= 4 is 23.2 Å². The summed E-state index contributed by atoms with van der Waals surface area (Å²) in [5.74, 6) is 0.580. The molecule has 1 saturated heterocycles. The number of primary amides is 1. The van der Waals surface area contributed by atoms with Gasteiger partial charge in [-0.2, -0.15) is 0 Å². The van der Waals surface area contributed by atoms with Crippen LogP contribution in [-0.2, 0) is 4.74 Å². The fourth-order valence-electron chi connectivity index (χ4n) is 2.39. The lowest BCUT2D eigenvalue weighted by Crippen LogP contribution is -2.36. The molecular formula is C15H18N6O2. The molecule has 0 unspecified atom stereocenters. The van der Waals surface area contributed by atoms with Crippen LogP contribution in [0.15, 0.2) is 24.4 Å². The molecule has 0 spiro atoms. The number of pyridine rings is 1. The molecular weight excluding hydrogens is 296 g/mol. The van der Waals surface area contributed by atoms with Gasteiger partial charge in [-0.15, -0.1) is 10.2 Å². The molecule has 23 heavy (non-hydrogen) atoms. The summed E-state index contributed by atoms with van der Waals surface area (Å²) in [6.07, 6.45) is 1.81. The number of nitrogens with two attached hydrogens (primary N) is 1. The Kier molecular flexibility index (Phi) is 4.33. The van der Waals surface area contributed by atoms with Crippen molar-refractivity contribution < 1.29 is 9.53 Å². The largest absolute Gasteiger partial charge is 0.378 e. The zero-order chi connectivity index (χ0) is 16.2. The Hall–Kier alpha value is -2.74. The summed E-state index contributed by atoms with van der Waals surface area (Å²) in [5, 5.41) is 10.8. The van der Waals surface area contributed by atoms with Crippen LogP contribution in [0.2, 0.25) is 0 Å². The topological polar surface area (TPSA) is 106 Å². The Morgan fingerprint density at radius 1 is 1.26 bits per heavy atom. The number of hydrogen-bond donors (Lipinski definition) is 2. The van der Waals surface area contributed by atoms with Crippen molar-refractivity contribution in [3.8, 4) is 0 Å². The number of nitrogens with one attached hydrogen (secondary N) is 1. The molecule has 1 aliphatic rings.